The molecule has 2 N–H and O–H groups in total. The number of anilines is 2. The van der Waals surface area contributed by atoms with Gasteiger partial charge in [-0.15, -0.1) is 11.3 Å². The molecule has 2 aliphatic rings. The summed E-state index contributed by atoms with van der Waals surface area (Å²) in [6.45, 7) is 4.80. The second-order valence-corrected chi connectivity index (χ2v) is 9.12. The molecule has 1 saturated heterocycles. The first-order valence-corrected chi connectivity index (χ1v) is 11.6. The minimum absolute atomic E-state index is 0.0211. The van der Waals surface area contributed by atoms with Crippen LogP contribution in [0.1, 0.15) is 35.3 Å². The van der Waals surface area contributed by atoms with E-state index in [9.17, 15) is 10.1 Å². The number of aryl methyl sites for hydroxylation is 1. The molecule has 1 aliphatic heterocycles. The van der Waals surface area contributed by atoms with Crippen LogP contribution in [0, 0.1) is 11.3 Å². The van der Waals surface area contributed by atoms with Crippen LogP contribution in [0.2, 0.25) is 0 Å². The third-order valence-corrected chi connectivity index (χ3v) is 7.34. The Morgan fingerprint density at radius 1 is 1.30 bits per heavy atom. The van der Waals surface area contributed by atoms with Crippen molar-refractivity contribution >= 4 is 27.9 Å². The van der Waals surface area contributed by atoms with E-state index in [2.05, 4.69) is 28.4 Å². The molecule has 6 nitrogen and oxygen atoms in total. The summed E-state index contributed by atoms with van der Waals surface area (Å²) in [5, 5.41) is 13.3. The van der Waals surface area contributed by atoms with Crippen molar-refractivity contribution in [3.8, 4) is 11.8 Å². The van der Waals surface area contributed by atoms with Crippen LogP contribution in [0.3, 0.4) is 0 Å². The Balaban J connectivity index is 1.26. The molecule has 0 saturated carbocycles. The molecule has 158 valence electrons. The Hall–Kier alpha value is -2.56. The number of quaternary nitrogens is 1. The standard InChI is InChI=1S/C23H28N4O2S/c1-29-18-6-4-5-17(15-18)27-13-11-26(12-14-27)10-9-22(28)25-23-20(16-24)19-7-2-3-8-21(19)30-23/h4-6,15H,2-3,7-14H2,1H3,(H,25,28)/p+1. The molecule has 0 bridgehead atoms. The number of hydrogen-bond acceptors (Lipinski definition) is 5. The summed E-state index contributed by atoms with van der Waals surface area (Å²) < 4.78 is 5.33. The Bertz CT molecular complexity index is 941. The number of carbonyl (C=O) groups excluding carboxylic acids is 1. The molecule has 4 rings (SSSR count). The van der Waals surface area contributed by atoms with Crippen LogP contribution >= 0.6 is 11.3 Å². The minimum atomic E-state index is 0.0211. The van der Waals surface area contributed by atoms with Crippen molar-refractivity contribution in [2.45, 2.75) is 32.1 Å². The van der Waals surface area contributed by atoms with Crippen molar-refractivity contribution in [2.24, 2.45) is 0 Å². The average Bonchev–Trinajstić information content (AvgIpc) is 3.15. The molecule has 0 radical (unpaired) electrons. The summed E-state index contributed by atoms with van der Waals surface area (Å²) in [4.78, 5) is 17.7. The van der Waals surface area contributed by atoms with Crippen molar-refractivity contribution in [2.75, 3.05) is 50.1 Å². The highest BCUT2D eigenvalue weighted by molar-refractivity contribution is 7.16. The minimum Gasteiger partial charge on any atom is -0.497 e. The fraction of sp³-hybridized carbons (Fsp3) is 0.478. The summed E-state index contributed by atoms with van der Waals surface area (Å²) in [7, 11) is 1.69. The number of methoxy groups -OCH3 is 1. The molecule has 1 fully saturated rings. The van der Waals surface area contributed by atoms with E-state index in [4.69, 9.17) is 4.74 Å². The highest BCUT2D eigenvalue weighted by Gasteiger charge is 2.24. The van der Waals surface area contributed by atoms with Gasteiger partial charge in [0.1, 0.15) is 16.8 Å². The zero-order valence-corrected chi connectivity index (χ0v) is 18.3. The van der Waals surface area contributed by atoms with Crippen LogP contribution in [-0.2, 0) is 17.6 Å². The van der Waals surface area contributed by atoms with Gasteiger partial charge in [-0.25, -0.2) is 0 Å². The van der Waals surface area contributed by atoms with Gasteiger partial charge in [0.2, 0.25) is 5.91 Å². The van der Waals surface area contributed by atoms with Crippen LogP contribution in [0.15, 0.2) is 24.3 Å². The van der Waals surface area contributed by atoms with Gasteiger partial charge in [0.25, 0.3) is 0 Å². The SMILES string of the molecule is COc1cccc(N2CC[NH+](CCC(=O)Nc3sc4c(c3C#N)CCCC4)CC2)c1. The fourth-order valence-corrected chi connectivity index (χ4v) is 5.65. The molecule has 30 heavy (non-hydrogen) atoms. The van der Waals surface area contributed by atoms with E-state index in [-0.39, 0.29) is 5.91 Å². The summed E-state index contributed by atoms with van der Waals surface area (Å²) >= 11 is 1.60. The van der Waals surface area contributed by atoms with Crippen molar-refractivity contribution in [3.63, 3.8) is 0 Å². The van der Waals surface area contributed by atoms with Crippen molar-refractivity contribution in [1.29, 1.82) is 5.26 Å². The van der Waals surface area contributed by atoms with Crippen molar-refractivity contribution in [1.82, 2.24) is 0 Å². The summed E-state index contributed by atoms with van der Waals surface area (Å²) in [5.74, 6) is 0.902. The summed E-state index contributed by atoms with van der Waals surface area (Å²) in [5.41, 5.74) is 3.06. The second-order valence-electron chi connectivity index (χ2n) is 8.01. The zero-order chi connectivity index (χ0) is 20.9. The van der Waals surface area contributed by atoms with E-state index < -0.39 is 0 Å². The van der Waals surface area contributed by atoms with E-state index in [1.54, 1.807) is 18.4 Å². The monoisotopic (exact) mass is 425 g/mol. The number of ether oxygens (including phenoxy) is 1. The highest BCUT2D eigenvalue weighted by atomic mass is 32.1. The third kappa shape index (κ3) is 4.61. The van der Waals surface area contributed by atoms with Gasteiger partial charge in [-0.1, -0.05) is 6.07 Å². The van der Waals surface area contributed by atoms with Crippen LogP contribution in [-0.4, -0.2) is 45.7 Å². The van der Waals surface area contributed by atoms with Gasteiger partial charge < -0.3 is 19.9 Å². The Morgan fingerprint density at radius 3 is 2.87 bits per heavy atom. The molecule has 1 aliphatic carbocycles. The number of rotatable bonds is 6. The van der Waals surface area contributed by atoms with E-state index in [0.29, 0.717) is 12.0 Å². The predicted octanol–water partition coefficient (Wildman–Crippen LogP) is 2.24. The number of piperazine rings is 1. The van der Waals surface area contributed by atoms with Crippen LogP contribution in [0.4, 0.5) is 10.7 Å². The molecular weight excluding hydrogens is 396 g/mol. The Labute approximate surface area is 182 Å². The molecule has 7 heteroatoms. The lowest BCUT2D eigenvalue weighted by atomic mass is 9.96. The Kier molecular flexibility index (Phi) is 6.56. The molecule has 1 aromatic carbocycles. The van der Waals surface area contributed by atoms with Gasteiger partial charge in [-0.3, -0.25) is 4.79 Å². The van der Waals surface area contributed by atoms with Gasteiger partial charge in [-0.05, 0) is 43.4 Å². The number of fused-ring (bicyclic) bond motifs is 1. The lowest BCUT2D eigenvalue weighted by molar-refractivity contribution is -0.900. The first-order valence-electron chi connectivity index (χ1n) is 10.7. The third-order valence-electron chi connectivity index (χ3n) is 6.13. The maximum Gasteiger partial charge on any atom is 0.230 e. The topological polar surface area (TPSA) is 69.8 Å². The number of nitriles is 1. The van der Waals surface area contributed by atoms with Crippen LogP contribution in [0.5, 0.6) is 5.75 Å². The molecule has 0 atom stereocenters. The zero-order valence-electron chi connectivity index (χ0n) is 17.5. The first-order chi connectivity index (χ1) is 14.7. The number of carbonyl (C=O) groups is 1. The summed E-state index contributed by atoms with van der Waals surface area (Å²) in [6.07, 6.45) is 4.80. The predicted molar refractivity (Wildman–Crippen MR) is 120 cm³/mol. The number of nitrogens with one attached hydrogen (secondary N) is 2. The van der Waals surface area contributed by atoms with Gasteiger partial charge in [0.05, 0.1) is 51.8 Å². The molecular formula is C23H29N4O2S+. The number of amides is 1. The molecule has 2 aromatic rings. The smallest absolute Gasteiger partial charge is 0.230 e. The lowest BCUT2D eigenvalue weighted by Crippen LogP contribution is -3.15. The lowest BCUT2D eigenvalue weighted by Gasteiger charge is -2.33. The van der Waals surface area contributed by atoms with Gasteiger partial charge in [0, 0.05) is 16.6 Å². The van der Waals surface area contributed by atoms with Crippen LogP contribution < -0.4 is 19.9 Å². The average molecular weight is 426 g/mol. The van der Waals surface area contributed by atoms with E-state index in [0.717, 1.165) is 62.7 Å². The molecule has 1 amide bonds. The largest absolute Gasteiger partial charge is 0.497 e. The van der Waals surface area contributed by atoms with E-state index in [1.165, 1.54) is 27.4 Å². The van der Waals surface area contributed by atoms with E-state index in [1.807, 2.05) is 12.1 Å². The van der Waals surface area contributed by atoms with E-state index >= 15 is 0 Å². The number of benzene rings is 1. The number of thiophene rings is 1. The maximum atomic E-state index is 12.5. The van der Waals surface area contributed by atoms with Crippen LogP contribution in [0.25, 0.3) is 0 Å². The van der Waals surface area contributed by atoms with Crippen molar-refractivity contribution < 1.29 is 14.4 Å². The molecule has 1 aromatic heterocycles. The molecule has 0 spiro atoms. The first kappa shape index (κ1) is 20.7. The van der Waals surface area contributed by atoms with Gasteiger partial charge in [0.15, 0.2) is 0 Å². The quantitative estimate of drug-likeness (QED) is 0.745. The Morgan fingerprint density at radius 2 is 2.10 bits per heavy atom. The number of nitrogens with zero attached hydrogens (tertiary/aromatic N) is 2. The van der Waals surface area contributed by atoms with Crippen molar-refractivity contribution in [3.05, 3.63) is 40.3 Å². The van der Waals surface area contributed by atoms with Gasteiger partial charge in [-0.2, -0.15) is 5.26 Å². The summed E-state index contributed by atoms with van der Waals surface area (Å²) in [6, 6.07) is 10.5. The molecule has 0 unspecified atom stereocenters. The number of hydrogen-bond donors (Lipinski definition) is 2. The maximum absolute atomic E-state index is 12.5. The fourth-order valence-electron chi connectivity index (χ4n) is 4.39. The normalized spacial score (nSPS) is 16.6. The highest BCUT2D eigenvalue weighted by Crippen LogP contribution is 2.37. The second kappa shape index (κ2) is 9.50. The molecule has 2 heterocycles. The van der Waals surface area contributed by atoms with Gasteiger partial charge >= 0.3 is 0 Å².